The van der Waals surface area contributed by atoms with Crippen molar-refractivity contribution in [3.8, 4) is 0 Å². The lowest BCUT2D eigenvalue weighted by Crippen LogP contribution is -2.38. The molecular weight excluding hydrogens is 298 g/mol. The van der Waals surface area contributed by atoms with Gasteiger partial charge in [-0.25, -0.2) is 8.42 Å². The molecule has 0 aromatic carbocycles. The van der Waals surface area contributed by atoms with E-state index in [1.54, 1.807) is 0 Å². The summed E-state index contributed by atoms with van der Waals surface area (Å²) in [5.74, 6) is 0.108. The SMILES string of the molecule is CCCNC(Cc1c(Cl)c(C)nn1CC)CS(C)(=O)=O. The van der Waals surface area contributed by atoms with E-state index in [-0.39, 0.29) is 11.8 Å². The van der Waals surface area contributed by atoms with Crippen molar-refractivity contribution in [3.63, 3.8) is 0 Å². The van der Waals surface area contributed by atoms with Crippen LogP contribution in [0.15, 0.2) is 0 Å². The second kappa shape index (κ2) is 7.43. The number of hydrogen-bond donors (Lipinski definition) is 1. The molecule has 1 aromatic rings. The predicted molar refractivity (Wildman–Crippen MR) is 83.1 cm³/mol. The summed E-state index contributed by atoms with van der Waals surface area (Å²) in [6, 6.07) is -0.135. The quantitative estimate of drug-likeness (QED) is 0.793. The average molecular weight is 322 g/mol. The molecule has 5 nitrogen and oxygen atoms in total. The molecule has 0 aliphatic heterocycles. The molecule has 0 amide bonds. The Kier molecular flexibility index (Phi) is 6.48. The van der Waals surface area contributed by atoms with Gasteiger partial charge in [0.1, 0.15) is 9.84 Å². The smallest absolute Gasteiger partial charge is 0.148 e. The molecule has 0 saturated carbocycles. The fourth-order valence-corrected chi connectivity index (χ4v) is 3.38. The highest BCUT2D eigenvalue weighted by molar-refractivity contribution is 7.90. The standard InChI is InChI=1S/C13H24ClN3O2S/c1-5-7-15-11(9-20(4,18)19)8-12-13(14)10(3)16-17(12)6-2/h11,15H,5-9H2,1-4H3. The topological polar surface area (TPSA) is 64.0 Å². The Morgan fingerprint density at radius 2 is 2.05 bits per heavy atom. The molecule has 0 aliphatic carbocycles. The van der Waals surface area contributed by atoms with Crippen molar-refractivity contribution >= 4 is 21.4 Å². The third-order valence-corrected chi connectivity index (χ3v) is 4.58. The first-order chi connectivity index (χ1) is 9.28. The number of hydrogen-bond acceptors (Lipinski definition) is 4. The van der Waals surface area contributed by atoms with E-state index in [1.165, 1.54) is 6.26 Å². The number of sulfone groups is 1. The van der Waals surface area contributed by atoms with Gasteiger partial charge >= 0.3 is 0 Å². The Morgan fingerprint density at radius 3 is 2.55 bits per heavy atom. The van der Waals surface area contributed by atoms with Crippen molar-refractivity contribution in [3.05, 3.63) is 16.4 Å². The molecule has 1 rings (SSSR count). The third-order valence-electron chi connectivity index (χ3n) is 3.08. The molecule has 1 N–H and O–H groups in total. The van der Waals surface area contributed by atoms with Crippen molar-refractivity contribution in [1.29, 1.82) is 0 Å². The minimum atomic E-state index is -3.03. The maximum atomic E-state index is 11.5. The normalized spacial score (nSPS) is 13.7. The lowest BCUT2D eigenvalue weighted by Gasteiger charge is -2.18. The number of rotatable bonds is 8. The maximum absolute atomic E-state index is 11.5. The lowest BCUT2D eigenvalue weighted by atomic mass is 10.1. The first kappa shape index (κ1) is 17.5. The van der Waals surface area contributed by atoms with Crippen LogP contribution >= 0.6 is 11.6 Å². The Hall–Kier alpha value is -0.590. The van der Waals surface area contributed by atoms with E-state index >= 15 is 0 Å². The summed E-state index contributed by atoms with van der Waals surface area (Å²) in [7, 11) is -3.03. The van der Waals surface area contributed by atoms with Crippen molar-refractivity contribution in [1.82, 2.24) is 15.1 Å². The summed E-state index contributed by atoms with van der Waals surface area (Å²) in [6.07, 6.45) is 2.79. The number of aryl methyl sites for hydroxylation is 2. The van der Waals surface area contributed by atoms with Crippen LogP contribution in [0, 0.1) is 6.92 Å². The van der Waals surface area contributed by atoms with Gasteiger partial charge in [0.05, 0.1) is 22.2 Å². The van der Waals surface area contributed by atoms with Gasteiger partial charge in [0.15, 0.2) is 0 Å². The van der Waals surface area contributed by atoms with Crippen LogP contribution in [0.2, 0.25) is 5.02 Å². The Labute approximate surface area is 126 Å². The monoisotopic (exact) mass is 321 g/mol. The zero-order valence-corrected chi connectivity index (χ0v) is 14.2. The van der Waals surface area contributed by atoms with Crippen LogP contribution in [0.4, 0.5) is 0 Å². The number of nitrogens with zero attached hydrogens (tertiary/aromatic N) is 2. The summed E-state index contributed by atoms with van der Waals surface area (Å²) >= 11 is 6.28. The molecule has 1 heterocycles. The molecule has 1 aromatic heterocycles. The molecular formula is C13H24ClN3O2S. The average Bonchev–Trinajstić information content (AvgIpc) is 2.61. The molecule has 20 heavy (non-hydrogen) atoms. The van der Waals surface area contributed by atoms with Gasteiger partial charge in [-0.1, -0.05) is 18.5 Å². The zero-order valence-electron chi connectivity index (χ0n) is 12.6. The van der Waals surface area contributed by atoms with Crippen molar-refractivity contribution in [2.24, 2.45) is 0 Å². The van der Waals surface area contributed by atoms with Crippen LogP contribution in [0.3, 0.4) is 0 Å². The second-order valence-corrected chi connectivity index (χ2v) is 7.67. The summed E-state index contributed by atoms with van der Waals surface area (Å²) in [6.45, 7) is 7.43. The summed E-state index contributed by atoms with van der Waals surface area (Å²) in [4.78, 5) is 0. The lowest BCUT2D eigenvalue weighted by molar-refractivity contribution is 0.508. The number of aromatic nitrogens is 2. The summed E-state index contributed by atoms with van der Waals surface area (Å²) in [5, 5.41) is 8.29. The molecule has 0 fully saturated rings. The Balaban J connectivity index is 2.94. The predicted octanol–water partition coefficient (Wildman–Crippen LogP) is 1.82. The third kappa shape index (κ3) is 5.07. The molecule has 1 unspecified atom stereocenters. The van der Waals surface area contributed by atoms with E-state index in [1.807, 2.05) is 18.5 Å². The maximum Gasteiger partial charge on any atom is 0.148 e. The van der Waals surface area contributed by atoms with E-state index in [9.17, 15) is 8.42 Å². The minimum absolute atomic E-state index is 0.108. The Morgan fingerprint density at radius 1 is 1.40 bits per heavy atom. The van der Waals surface area contributed by atoms with E-state index in [2.05, 4.69) is 17.3 Å². The van der Waals surface area contributed by atoms with Crippen LogP contribution in [-0.4, -0.2) is 42.8 Å². The van der Waals surface area contributed by atoms with Gasteiger partial charge in [-0.15, -0.1) is 0 Å². The first-order valence-electron chi connectivity index (χ1n) is 6.91. The molecule has 116 valence electrons. The van der Waals surface area contributed by atoms with Gasteiger partial charge in [0.25, 0.3) is 0 Å². The van der Waals surface area contributed by atoms with Gasteiger partial charge in [0.2, 0.25) is 0 Å². The van der Waals surface area contributed by atoms with E-state index < -0.39 is 9.84 Å². The molecule has 0 aliphatic rings. The second-order valence-electron chi connectivity index (χ2n) is 5.11. The fourth-order valence-electron chi connectivity index (χ4n) is 2.20. The molecule has 1 atom stereocenters. The molecule has 0 saturated heterocycles. The van der Waals surface area contributed by atoms with Crippen molar-refractivity contribution < 1.29 is 8.42 Å². The highest BCUT2D eigenvalue weighted by Gasteiger charge is 2.20. The van der Waals surface area contributed by atoms with Crippen LogP contribution < -0.4 is 5.32 Å². The van der Waals surface area contributed by atoms with Crippen molar-refractivity contribution in [2.45, 2.75) is 46.2 Å². The van der Waals surface area contributed by atoms with Crippen LogP contribution in [0.1, 0.15) is 31.7 Å². The largest absolute Gasteiger partial charge is 0.313 e. The summed E-state index contributed by atoms with van der Waals surface area (Å²) < 4.78 is 24.9. The van der Waals surface area contributed by atoms with E-state index in [0.717, 1.165) is 30.9 Å². The fraction of sp³-hybridized carbons (Fsp3) is 0.769. The number of halogens is 1. The van der Waals surface area contributed by atoms with Crippen LogP contribution in [0.25, 0.3) is 0 Å². The molecule has 0 spiro atoms. The first-order valence-corrected chi connectivity index (χ1v) is 9.35. The molecule has 7 heteroatoms. The highest BCUT2D eigenvalue weighted by Crippen LogP contribution is 2.22. The minimum Gasteiger partial charge on any atom is -0.313 e. The molecule has 0 radical (unpaired) electrons. The van der Waals surface area contributed by atoms with Crippen LogP contribution in [0.5, 0.6) is 0 Å². The van der Waals surface area contributed by atoms with Gasteiger partial charge in [0, 0.05) is 25.3 Å². The summed E-state index contributed by atoms with van der Waals surface area (Å²) in [5.41, 5.74) is 1.70. The zero-order chi connectivity index (χ0) is 15.3. The number of nitrogens with one attached hydrogen (secondary N) is 1. The molecule has 0 bridgehead atoms. The van der Waals surface area contributed by atoms with Gasteiger partial charge in [-0.2, -0.15) is 5.10 Å². The van der Waals surface area contributed by atoms with Crippen LogP contribution in [-0.2, 0) is 22.8 Å². The van der Waals surface area contributed by atoms with Gasteiger partial charge in [-0.05, 0) is 26.8 Å². The van der Waals surface area contributed by atoms with Gasteiger partial charge in [-0.3, -0.25) is 4.68 Å². The van der Waals surface area contributed by atoms with E-state index in [0.29, 0.717) is 11.4 Å². The van der Waals surface area contributed by atoms with Crippen molar-refractivity contribution in [2.75, 3.05) is 18.6 Å². The van der Waals surface area contributed by atoms with E-state index in [4.69, 9.17) is 11.6 Å². The Bertz CT molecular complexity index is 540. The van der Waals surface area contributed by atoms with Gasteiger partial charge < -0.3 is 5.32 Å². The highest BCUT2D eigenvalue weighted by atomic mass is 35.5.